The molecule has 0 aliphatic carbocycles. The Balaban J connectivity index is 1.65. The molecule has 0 atom stereocenters. The molecule has 0 spiro atoms. The lowest BCUT2D eigenvalue weighted by atomic mass is 9.94. The van der Waals surface area contributed by atoms with Crippen LogP contribution in [0.3, 0.4) is 0 Å². The molecule has 1 aromatic heterocycles. The first kappa shape index (κ1) is 13.5. The van der Waals surface area contributed by atoms with E-state index in [9.17, 15) is 5.11 Å². The average Bonchev–Trinajstić information content (AvgIpc) is 2.48. The molecule has 0 bridgehead atoms. The highest BCUT2D eigenvalue weighted by atomic mass is 16.5. The van der Waals surface area contributed by atoms with Crippen LogP contribution in [0, 0.1) is 0 Å². The van der Waals surface area contributed by atoms with Gasteiger partial charge in [-0.3, -0.25) is 4.98 Å². The summed E-state index contributed by atoms with van der Waals surface area (Å²) in [5, 5.41) is 16.2. The standard InChI is InChI=1S/C16H20N2O2/c19-16(5-8-20-9-6-16)12-18-11-14-3-1-2-13-10-17-7-4-15(13)14/h1-4,7,10,18-19H,5-6,8-9,11-12H2. The number of pyridine rings is 1. The van der Waals surface area contributed by atoms with Crippen molar-refractivity contribution in [2.45, 2.75) is 25.0 Å². The number of aromatic nitrogens is 1. The summed E-state index contributed by atoms with van der Waals surface area (Å²) in [6, 6.07) is 8.26. The molecule has 4 nitrogen and oxygen atoms in total. The number of hydrogen-bond donors (Lipinski definition) is 2. The minimum Gasteiger partial charge on any atom is -0.388 e. The highest BCUT2D eigenvalue weighted by Crippen LogP contribution is 2.20. The fraction of sp³-hybridized carbons (Fsp3) is 0.438. The van der Waals surface area contributed by atoms with Crippen molar-refractivity contribution in [2.75, 3.05) is 19.8 Å². The number of nitrogens with one attached hydrogen (secondary N) is 1. The van der Waals surface area contributed by atoms with Crippen LogP contribution >= 0.6 is 0 Å². The van der Waals surface area contributed by atoms with Gasteiger partial charge in [0.05, 0.1) is 5.60 Å². The first-order chi connectivity index (χ1) is 9.77. The van der Waals surface area contributed by atoms with E-state index in [0.717, 1.165) is 11.9 Å². The van der Waals surface area contributed by atoms with Gasteiger partial charge >= 0.3 is 0 Å². The molecule has 2 aromatic rings. The van der Waals surface area contributed by atoms with Crippen molar-refractivity contribution in [1.82, 2.24) is 10.3 Å². The zero-order valence-corrected chi connectivity index (χ0v) is 11.5. The van der Waals surface area contributed by atoms with Crippen LogP contribution in [0.1, 0.15) is 18.4 Å². The molecule has 0 saturated carbocycles. The average molecular weight is 272 g/mol. The van der Waals surface area contributed by atoms with Crippen molar-refractivity contribution < 1.29 is 9.84 Å². The van der Waals surface area contributed by atoms with Crippen molar-refractivity contribution in [2.24, 2.45) is 0 Å². The summed E-state index contributed by atoms with van der Waals surface area (Å²) in [6.07, 6.45) is 5.11. The van der Waals surface area contributed by atoms with Crippen LogP contribution in [0.15, 0.2) is 36.7 Å². The van der Waals surface area contributed by atoms with E-state index in [1.807, 2.05) is 24.5 Å². The number of ether oxygens (including phenoxy) is 1. The maximum absolute atomic E-state index is 10.4. The van der Waals surface area contributed by atoms with Crippen molar-refractivity contribution in [3.8, 4) is 0 Å². The molecule has 0 amide bonds. The molecule has 1 saturated heterocycles. The van der Waals surface area contributed by atoms with E-state index in [1.165, 1.54) is 10.9 Å². The van der Waals surface area contributed by atoms with Gasteiger partial charge in [-0.1, -0.05) is 18.2 Å². The first-order valence-electron chi connectivity index (χ1n) is 7.09. The number of nitrogens with zero attached hydrogens (tertiary/aromatic N) is 1. The predicted molar refractivity (Wildman–Crippen MR) is 78.5 cm³/mol. The maximum Gasteiger partial charge on any atom is 0.0815 e. The van der Waals surface area contributed by atoms with Crippen molar-refractivity contribution in [3.05, 3.63) is 42.2 Å². The molecular weight excluding hydrogens is 252 g/mol. The SMILES string of the molecule is OC1(CNCc2cccc3cnccc23)CCOCC1. The Bertz CT molecular complexity index is 574. The van der Waals surface area contributed by atoms with Gasteiger partial charge in [-0.15, -0.1) is 0 Å². The van der Waals surface area contributed by atoms with Gasteiger partial charge in [0.15, 0.2) is 0 Å². The van der Waals surface area contributed by atoms with Crippen molar-refractivity contribution >= 4 is 10.8 Å². The van der Waals surface area contributed by atoms with Crippen LogP contribution in [0.2, 0.25) is 0 Å². The van der Waals surface area contributed by atoms with E-state index < -0.39 is 5.60 Å². The maximum atomic E-state index is 10.4. The fourth-order valence-corrected chi connectivity index (χ4v) is 2.70. The molecule has 2 heterocycles. The molecule has 2 N–H and O–H groups in total. The molecule has 0 unspecified atom stereocenters. The largest absolute Gasteiger partial charge is 0.388 e. The van der Waals surface area contributed by atoms with Crippen LogP contribution in [0.5, 0.6) is 0 Å². The van der Waals surface area contributed by atoms with E-state index in [-0.39, 0.29) is 0 Å². The third-order valence-corrected chi connectivity index (χ3v) is 3.96. The van der Waals surface area contributed by atoms with Gasteiger partial charge < -0.3 is 15.2 Å². The second-order valence-electron chi connectivity index (χ2n) is 5.45. The van der Waals surface area contributed by atoms with Crippen LogP contribution in [-0.4, -0.2) is 35.5 Å². The quantitative estimate of drug-likeness (QED) is 0.892. The summed E-state index contributed by atoms with van der Waals surface area (Å²) in [6.45, 7) is 2.67. The van der Waals surface area contributed by atoms with Gasteiger partial charge in [0, 0.05) is 56.9 Å². The van der Waals surface area contributed by atoms with Crippen molar-refractivity contribution in [1.29, 1.82) is 0 Å². The number of aliphatic hydroxyl groups is 1. The molecule has 20 heavy (non-hydrogen) atoms. The summed E-state index contributed by atoms with van der Waals surface area (Å²) >= 11 is 0. The Labute approximate surface area is 118 Å². The number of benzene rings is 1. The number of hydrogen-bond acceptors (Lipinski definition) is 4. The summed E-state index contributed by atoms with van der Waals surface area (Å²) in [5.74, 6) is 0. The Hall–Kier alpha value is -1.49. The Morgan fingerprint density at radius 2 is 2.10 bits per heavy atom. The van der Waals surface area contributed by atoms with E-state index in [4.69, 9.17) is 4.74 Å². The van der Waals surface area contributed by atoms with Crippen LogP contribution in [0.4, 0.5) is 0 Å². The minimum absolute atomic E-state index is 0.609. The van der Waals surface area contributed by atoms with Crippen molar-refractivity contribution in [3.63, 3.8) is 0 Å². The van der Waals surface area contributed by atoms with Crippen LogP contribution in [0.25, 0.3) is 10.8 Å². The molecule has 1 fully saturated rings. The summed E-state index contributed by atoms with van der Waals surface area (Å²) < 4.78 is 5.29. The zero-order valence-electron chi connectivity index (χ0n) is 11.5. The molecule has 3 rings (SSSR count). The lowest BCUT2D eigenvalue weighted by molar-refractivity contribution is -0.0616. The molecule has 106 valence electrons. The molecule has 0 radical (unpaired) electrons. The van der Waals surface area contributed by atoms with Gasteiger partial charge in [0.2, 0.25) is 0 Å². The van der Waals surface area contributed by atoms with Gasteiger partial charge in [0.25, 0.3) is 0 Å². The summed E-state index contributed by atoms with van der Waals surface area (Å²) in [5.41, 5.74) is 0.616. The van der Waals surface area contributed by atoms with Crippen LogP contribution in [-0.2, 0) is 11.3 Å². The highest BCUT2D eigenvalue weighted by Gasteiger charge is 2.29. The normalized spacial score (nSPS) is 18.2. The van der Waals surface area contributed by atoms with Gasteiger partial charge in [-0.05, 0) is 17.0 Å². The fourth-order valence-electron chi connectivity index (χ4n) is 2.70. The molecule has 1 aromatic carbocycles. The molecular formula is C16H20N2O2. The Morgan fingerprint density at radius 3 is 2.95 bits per heavy atom. The highest BCUT2D eigenvalue weighted by molar-refractivity contribution is 5.84. The minimum atomic E-state index is -0.621. The lowest BCUT2D eigenvalue weighted by Crippen LogP contribution is -2.44. The monoisotopic (exact) mass is 272 g/mol. The second kappa shape index (κ2) is 5.87. The van der Waals surface area contributed by atoms with Gasteiger partial charge in [0.1, 0.15) is 0 Å². The smallest absolute Gasteiger partial charge is 0.0815 e. The zero-order chi connectivity index (χ0) is 13.8. The third-order valence-electron chi connectivity index (χ3n) is 3.96. The lowest BCUT2D eigenvalue weighted by Gasteiger charge is -2.32. The third kappa shape index (κ3) is 2.98. The molecule has 1 aliphatic heterocycles. The first-order valence-corrected chi connectivity index (χ1v) is 7.09. The molecule has 1 aliphatic rings. The second-order valence-corrected chi connectivity index (χ2v) is 5.45. The summed E-state index contributed by atoms with van der Waals surface area (Å²) in [7, 11) is 0. The van der Waals surface area contributed by atoms with E-state index >= 15 is 0 Å². The van der Waals surface area contributed by atoms with E-state index in [0.29, 0.717) is 32.6 Å². The topological polar surface area (TPSA) is 54.4 Å². The van der Waals surface area contributed by atoms with E-state index in [1.54, 1.807) is 0 Å². The van der Waals surface area contributed by atoms with Crippen LogP contribution < -0.4 is 5.32 Å². The van der Waals surface area contributed by atoms with Gasteiger partial charge in [-0.2, -0.15) is 0 Å². The predicted octanol–water partition coefficient (Wildman–Crippen LogP) is 1.87. The Morgan fingerprint density at radius 1 is 1.25 bits per heavy atom. The van der Waals surface area contributed by atoms with E-state index in [2.05, 4.69) is 22.4 Å². The number of rotatable bonds is 4. The van der Waals surface area contributed by atoms with Gasteiger partial charge in [-0.25, -0.2) is 0 Å². The summed E-state index contributed by atoms with van der Waals surface area (Å²) in [4.78, 5) is 4.14. The molecule has 4 heteroatoms. The number of fused-ring (bicyclic) bond motifs is 1. The Kier molecular flexibility index (Phi) is 3.96.